The molecule has 1 aliphatic rings. The van der Waals surface area contributed by atoms with Gasteiger partial charge >= 0.3 is 0 Å². The van der Waals surface area contributed by atoms with Crippen molar-refractivity contribution in [3.05, 3.63) is 76.6 Å². The number of ether oxygens (including phenoxy) is 1. The van der Waals surface area contributed by atoms with Crippen LogP contribution in [0.25, 0.3) is 22.5 Å². The van der Waals surface area contributed by atoms with E-state index in [9.17, 15) is 4.79 Å². The fraction of sp³-hybridized carbons (Fsp3) is 0.296. The molecule has 0 saturated carbocycles. The molecule has 1 N–H and O–H groups in total. The Balaban J connectivity index is 0.00000289. The molecule has 0 atom stereocenters. The van der Waals surface area contributed by atoms with E-state index < -0.39 is 0 Å². The predicted octanol–water partition coefficient (Wildman–Crippen LogP) is 5.57. The number of ketones is 1. The van der Waals surface area contributed by atoms with Gasteiger partial charge in [0.2, 0.25) is 5.82 Å². The number of carbonyl (C=O) groups excluding carboxylic acids is 1. The number of aryl methyl sites for hydroxylation is 2. The Morgan fingerprint density at radius 3 is 2.57 bits per heavy atom. The third kappa shape index (κ3) is 5.10. The number of tetrazole rings is 1. The molecule has 8 heteroatoms. The van der Waals surface area contributed by atoms with E-state index in [2.05, 4.69) is 33.6 Å². The highest BCUT2D eigenvalue weighted by Gasteiger charge is 2.19. The van der Waals surface area contributed by atoms with Crippen LogP contribution in [0.3, 0.4) is 0 Å². The Kier molecular flexibility index (Phi) is 7.56. The first-order valence-electron chi connectivity index (χ1n) is 11.8. The maximum absolute atomic E-state index is 12.6. The minimum Gasteiger partial charge on any atom is -0.488 e. The molecule has 2 heterocycles. The molecule has 4 aromatic rings. The summed E-state index contributed by atoms with van der Waals surface area (Å²) in [4.78, 5) is 17.5. The lowest BCUT2D eigenvalue weighted by molar-refractivity contribution is 0.101. The number of hydrogen-bond acceptors (Lipinski definition) is 6. The molecule has 0 spiro atoms. The highest BCUT2D eigenvalue weighted by Crippen LogP contribution is 2.34. The molecule has 0 amide bonds. The van der Waals surface area contributed by atoms with Crippen molar-refractivity contribution < 1.29 is 9.53 Å². The first-order chi connectivity index (χ1) is 16.6. The van der Waals surface area contributed by atoms with Crippen molar-refractivity contribution >= 4 is 18.2 Å². The number of fused-ring (bicyclic) bond motifs is 1. The van der Waals surface area contributed by atoms with Crippen LogP contribution in [0.4, 0.5) is 0 Å². The van der Waals surface area contributed by atoms with Gasteiger partial charge in [-0.25, -0.2) is 0 Å². The van der Waals surface area contributed by atoms with E-state index in [0.717, 1.165) is 53.0 Å². The van der Waals surface area contributed by atoms with Gasteiger partial charge in [0.15, 0.2) is 5.78 Å². The fourth-order valence-corrected chi connectivity index (χ4v) is 4.59. The summed E-state index contributed by atoms with van der Waals surface area (Å²) in [7, 11) is 0. The summed E-state index contributed by atoms with van der Waals surface area (Å²) in [5.41, 5.74) is 7.61. The van der Waals surface area contributed by atoms with E-state index in [1.807, 2.05) is 42.5 Å². The van der Waals surface area contributed by atoms with Crippen LogP contribution < -0.4 is 4.74 Å². The zero-order chi connectivity index (χ0) is 23.5. The number of rotatable bonds is 7. The Bertz CT molecular complexity index is 1340. The molecule has 0 unspecified atom stereocenters. The number of H-pyrrole nitrogens is 1. The molecule has 0 aliphatic heterocycles. The minimum absolute atomic E-state index is 0. The van der Waals surface area contributed by atoms with Gasteiger partial charge in [-0.2, -0.15) is 5.21 Å². The normalized spacial score (nSPS) is 12.5. The second kappa shape index (κ2) is 10.8. The van der Waals surface area contributed by atoms with Gasteiger partial charge in [0, 0.05) is 34.1 Å². The molecular weight excluding hydrogens is 462 g/mol. The lowest BCUT2D eigenvalue weighted by Crippen LogP contribution is -2.10. The Labute approximate surface area is 210 Å². The average molecular weight is 490 g/mol. The molecule has 0 radical (unpaired) electrons. The third-order valence-corrected chi connectivity index (χ3v) is 6.34. The van der Waals surface area contributed by atoms with Gasteiger partial charge < -0.3 is 4.74 Å². The van der Waals surface area contributed by atoms with Crippen LogP contribution in [-0.2, 0) is 25.9 Å². The van der Waals surface area contributed by atoms with E-state index in [1.165, 1.54) is 24.1 Å². The first-order valence-corrected chi connectivity index (χ1v) is 11.8. The van der Waals surface area contributed by atoms with Crippen molar-refractivity contribution in [3.8, 4) is 28.3 Å². The van der Waals surface area contributed by atoms with Gasteiger partial charge in [-0.3, -0.25) is 9.78 Å². The summed E-state index contributed by atoms with van der Waals surface area (Å²) in [6.07, 6.45) is 5.25. The van der Waals surface area contributed by atoms with Crippen LogP contribution in [-0.4, -0.2) is 31.4 Å². The summed E-state index contributed by atoms with van der Waals surface area (Å²) in [5.74, 6) is 1.42. The minimum atomic E-state index is -0.00525. The van der Waals surface area contributed by atoms with Crippen LogP contribution in [0.5, 0.6) is 5.75 Å². The van der Waals surface area contributed by atoms with E-state index in [0.29, 0.717) is 18.0 Å². The number of benzene rings is 2. The summed E-state index contributed by atoms with van der Waals surface area (Å²) in [5, 5.41) is 14.4. The molecule has 5 rings (SSSR count). The van der Waals surface area contributed by atoms with Gasteiger partial charge in [0.05, 0.1) is 0 Å². The summed E-state index contributed by atoms with van der Waals surface area (Å²) in [6, 6.07) is 15.8. The number of carbonyl (C=O) groups is 1. The summed E-state index contributed by atoms with van der Waals surface area (Å²) >= 11 is 0. The zero-order valence-corrected chi connectivity index (χ0v) is 20.7. The lowest BCUT2D eigenvalue weighted by Gasteiger charge is -2.20. The van der Waals surface area contributed by atoms with Crippen LogP contribution >= 0.6 is 12.4 Å². The van der Waals surface area contributed by atoms with Crippen LogP contribution in [0.15, 0.2) is 48.5 Å². The second-order valence-electron chi connectivity index (χ2n) is 8.60. The highest BCUT2D eigenvalue weighted by molar-refractivity contribution is 6.02. The SMILES string of the molecule is CCc1cc(OCc2ccc(-c3ccccc3-c3nn[nH]n3)c(C(C)=O)c2)c2c(n1)CCCC2.Cl. The fourth-order valence-electron chi connectivity index (χ4n) is 4.59. The molecule has 2 aromatic heterocycles. The largest absolute Gasteiger partial charge is 0.488 e. The van der Waals surface area contributed by atoms with E-state index in [4.69, 9.17) is 9.72 Å². The number of aromatic nitrogens is 5. The molecule has 1 aliphatic carbocycles. The Morgan fingerprint density at radius 1 is 1.03 bits per heavy atom. The maximum atomic E-state index is 12.6. The number of Topliss-reactive ketones (excluding diaryl/α,β-unsaturated/α-hetero) is 1. The lowest BCUT2D eigenvalue weighted by atomic mass is 9.92. The number of nitrogens with one attached hydrogen (secondary N) is 1. The van der Waals surface area contributed by atoms with Crippen molar-refractivity contribution in [1.29, 1.82) is 0 Å². The Hall–Kier alpha value is -3.58. The predicted molar refractivity (Wildman–Crippen MR) is 137 cm³/mol. The molecule has 0 bridgehead atoms. The van der Waals surface area contributed by atoms with Crippen LogP contribution in [0.2, 0.25) is 0 Å². The molecule has 0 saturated heterocycles. The van der Waals surface area contributed by atoms with Crippen molar-refractivity contribution in [2.24, 2.45) is 0 Å². The summed E-state index contributed by atoms with van der Waals surface area (Å²) in [6.45, 7) is 4.10. The average Bonchev–Trinajstić information content (AvgIpc) is 3.42. The van der Waals surface area contributed by atoms with Crippen LogP contribution in [0.1, 0.15) is 59.6 Å². The second-order valence-corrected chi connectivity index (χ2v) is 8.60. The molecule has 35 heavy (non-hydrogen) atoms. The monoisotopic (exact) mass is 489 g/mol. The standard InChI is InChI=1S/C27H27N5O2.ClH/c1-3-19-15-26(23-10-6-7-11-25(23)28-19)34-16-18-12-13-21(24(14-18)17(2)33)20-8-4-5-9-22(20)27-29-31-32-30-27;/h4-5,8-9,12-15H,3,6-7,10-11,16H2,1-2H3,(H,29,30,31,32);1H. The number of nitrogens with zero attached hydrogens (tertiary/aromatic N) is 4. The first kappa shape index (κ1) is 24.5. The number of aromatic amines is 1. The number of hydrogen-bond donors (Lipinski definition) is 1. The molecule has 7 nitrogen and oxygen atoms in total. The molecule has 180 valence electrons. The van der Waals surface area contributed by atoms with Gasteiger partial charge in [0.1, 0.15) is 12.4 Å². The summed E-state index contributed by atoms with van der Waals surface area (Å²) < 4.78 is 6.31. The number of pyridine rings is 1. The molecule has 2 aromatic carbocycles. The maximum Gasteiger partial charge on any atom is 0.205 e. The van der Waals surface area contributed by atoms with Gasteiger partial charge in [0.25, 0.3) is 0 Å². The van der Waals surface area contributed by atoms with E-state index >= 15 is 0 Å². The van der Waals surface area contributed by atoms with Crippen molar-refractivity contribution in [2.45, 2.75) is 52.6 Å². The topological polar surface area (TPSA) is 93.7 Å². The van der Waals surface area contributed by atoms with Gasteiger partial charge in [-0.15, -0.1) is 22.6 Å². The van der Waals surface area contributed by atoms with Crippen LogP contribution in [0, 0.1) is 0 Å². The Morgan fingerprint density at radius 2 is 1.83 bits per heavy atom. The molecular formula is C27H28ClN5O2. The zero-order valence-electron chi connectivity index (χ0n) is 19.9. The van der Waals surface area contributed by atoms with Gasteiger partial charge in [-0.1, -0.05) is 43.3 Å². The third-order valence-electron chi connectivity index (χ3n) is 6.34. The van der Waals surface area contributed by atoms with E-state index in [-0.39, 0.29) is 18.2 Å². The van der Waals surface area contributed by atoms with Crippen molar-refractivity contribution in [1.82, 2.24) is 25.6 Å². The van der Waals surface area contributed by atoms with Crippen molar-refractivity contribution in [2.75, 3.05) is 0 Å². The highest BCUT2D eigenvalue weighted by atomic mass is 35.5. The smallest absolute Gasteiger partial charge is 0.205 e. The molecule has 0 fully saturated rings. The van der Waals surface area contributed by atoms with E-state index in [1.54, 1.807) is 6.92 Å². The van der Waals surface area contributed by atoms with Gasteiger partial charge in [-0.05, 0) is 67.0 Å². The van der Waals surface area contributed by atoms with Crippen molar-refractivity contribution in [3.63, 3.8) is 0 Å². The number of halogens is 1. The quantitative estimate of drug-likeness (QED) is 0.341.